The summed E-state index contributed by atoms with van der Waals surface area (Å²) in [6.45, 7) is 0. The van der Waals surface area contributed by atoms with Gasteiger partial charge in [-0.25, -0.2) is 0 Å². The van der Waals surface area contributed by atoms with E-state index in [2.05, 4.69) is 21.3 Å². The normalized spacial score (nSPS) is 15.3. The lowest BCUT2D eigenvalue weighted by molar-refractivity contribution is -0.125. The third-order valence-corrected chi connectivity index (χ3v) is 4.37. The summed E-state index contributed by atoms with van der Waals surface area (Å²) < 4.78 is 0. The van der Waals surface area contributed by atoms with Crippen LogP contribution in [0.1, 0.15) is 15.9 Å². The van der Waals surface area contributed by atoms with Gasteiger partial charge >= 0.3 is 0 Å². The Morgan fingerprint density at radius 1 is 0.600 bits per heavy atom. The second kappa shape index (κ2) is 7.47. The molecule has 4 N–H and O–H groups in total. The van der Waals surface area contributed by atoms with Crippen LogP contribution in [-0.2, 0) is 19.2 Å². The fraction of sp³-hybridized carbons (Fsp3) is 0. The van der Waals surface area contributed by atoms with E-state index in [-0.39, 0.29) is 17.2 Å². The topological polar surface area (TPSA) is 133 Å². The smallest absolute Gasteiger partial charge is 0.274 e. The van der Waals surface area contributed by atoms with Gasteiger partial charge < -0.3 is 10.6 Å². The molecule has 4 amide bonds. The molecule has 2 aliphatic rings. The predicted octanol–water partition coefficient (Wildman–Crippen LogP) is 0.822. The van der Waals surface area contributed by atoms with Gasteiger partial charge in [-0.2, -0.15) is 0 Å². The highest BCUT2D eigenvalue weighted by atomic mass is 16.2. The molecule has 2 aromatic carbocycles. The predicted molar refractivity (Wildman–Crippen MR) is 106 cm³/mol. The van der Waals surface area contributed by atoms with Crippen LogP contribution in [0.15, 0.2) is 72.1 Å². The minimum Gasteiger partial charge on any atom is -0.351 e. The molecule has 0 aromatic heterocycles. The number of amides is 4. The SMILES string of the molecule is O=C1C=C(Nc2ccc(C(=O)c3ccc(NC4=CC(=O)NC4=O)cc3)cc2)C(=O)N1. The van der Waals surface area contributed by atoms with Crippen LogP contribution in [0.5, 0.6) is 0 Å². The van der Waals surface area contributed by atoms with Gasteiger partial charge in [-0.3, -0.25) is 34.6 Å². The second-order valence-corrected chi connectivity index (χ2v) is 6.49. The van der Waals surface area contributed by atoms with Gasteiger partial charge in [0.2, 0.25) is 0 Å². The molecule has 0 atom stereocenters. The second-order valence-electron chi connectivity index (χ2n) is 6.49. The number of nitrogens with one attached hydrogen (secondary N) is 4. The highest BCUT2D eigenvalue weighted by Crippen LogP contribution is 2.19. The summed E-state index contributed by atoms with van der Waals surface area (Å²) in [5.41, 5.74) is 2.25. The van der Waals surface area contributed by atoms with Gasteiger partial charge in [0.25, 0.3) is 23.6 Å². The molecule has 0 saturated heterocycles. The van der Waals surface area contributed by atoms with Crippen molar-refractivity contribution in [2.75, 3.05) is 10.6 Å². The first-order valence-electron chi connectivity index (χ1n) is 8.82. The largest absolute Gasteiger partial charge is 0.351 e. The summed E-state index contributed by atoms with van der Waals surface area (Å²) in [5, 5.41) is 9.92. The van der Waals surface area contributed by atoms with Crippen molar-refractivity contribution >= 4 is 40.8 Å². The quantitative estimate of drug-likeness (QED) is 0.415. The molecule has 0 bridgehead atoms. The molecule has 9 nitrogen and oxygen atoms in total. The van der Waals surface area contributed by atoms with Crippen LogP contribution in [-0.4, -0.2) is 29.4 Å². The summed E-state index contributed by atoms with van der Waals surface area (Å²) in [4.78, 5) is 58.1. The number of hydrogen-bond acceptors (Lipinski definition) is 7. The number of imide groups is 2. The Morgan fingerprint density at radius 3 is 1.27 bits per heavy atom. The maximum absolute atomic E-state index is 12.7. The van der Waals surface area contributed by atoms with E-state index in [1.807, 2.05) is 0 Å². The van der Waals surface area contributed by atoms with Crippen molar-refractivity contribution in [3.05, 3.63) is 83.2 Å². The first-order chi connectivity index (χ1) is 14.4. The van der Waals surface area contributed by atoms with Gasteiger partial charge in [-0.15, -0.1) is 0 Å². The van der Waals surface area contributed by atoms with Crippen molar-refractivity contribution in [1.82, 2.24) is 10.6 Å². The van der Waals surface area contributed by atoms with Crippen molar-refractivity contribution in [2.24, 2.45) is 0 Å². The molecule has 2 heterocycles. The molecule has 4 rings (SSSR count). The molecule has 2 aliphatic heterocycles. The molecular weight excluding hydrogens is 388 g/mol. The number of rotatable bonds is 6. The van der Waals surface area contributed by atoms with E-state index in [9.17, 15) is 24.0 Å². The Labute approximate surface area is 169 Å². The van der Waals surface area contributed by atoms with Crippen molar-refractivity contribution < 1.29 is 24.0 Å². The molecule has 30 heavy (non-hydrogen) atoms. The van der Waals surface area contributed by atoms with E-state index in [0.717, 1.165) is 12.2 Å². The molecule has 0 aliphatic carbocycles. The third-order valence-electron chi connectivity index (χ3n) is 4.37. The first-order valence-corrected chi connectivity index (χ1v) is 8.82. The lowest BCUT2D eigenvalue weighted by Crippen LogP contribution is -2.24. The molecule has 148 valence electrons. The molecule has 0 saturated carbocycles. The Bertz CT molecular complexity index is 1070. The number of anilines is 2. The number of hydrogen-bond donors (Lipinski definition) is 4. The minimum atomic E-state index is -0.510. The highest BCUT2D eigenvalue weighted by molar-refractivity contribution is 6.18. The molecule has 0 unspecified atom stereocenters. The van der Waals surface area contributed by atoms with Gasteiger partial charge in [0.15, 0.2) is 5.78 Å². The molecule has 0 fully saturated rings. The van der Waals surface area contributed by atoms with E-state index >= 15 is 0 Å². The summed E-state index contributed by atoms with van der Waals surface area (Å²) in [6, 6.07) is 12.9. The Hall–Kier alpha value is -4.53. The van der Waals surface area contributed by atoms with E-state index < -0.39 is 23.6 Å². The zero-order valence-electron chi connectivity index (χ0n) is 15.3. The van der Waals surface area contributed by atoms with E-state index in [1.165, 1.54) is 0 Å². The lowest BCUT2D eigenvalue weighted by Gasteiger charge is -2.08. The van der Waals surface area contributed by atoms with Crippen molar-refractivity contribution in [3.63, 3.8) is 0 Å². The van der Waals surface area contributed by atoms with Gasteiger partial charge in [0.1, 0.15) is 11.4 Å². The van der Waals surface area contributed by atoms with Crippen LogP contribution in [0, 0.1) is 0 Å². The average Bonchev–Trinajstić information content (AvgIpc) is 3.21. The van der Waals surface area contributed by atoms with Crippen LogP contribution >= 0.6 is 0 Å². The lowest BCUT2D eigenvalue weighted by atomic mass is 10.0. The van der Waals surface area contributed by atoms with Crippen LogP contribution in [0.25, 0.3) is 0 Å². The van der Waals surface area contributed by atoms with Crippen molar-refractivity contribution in [2.45, 2.75) is 0 Å². The maximum Gasteiger partial charge on any atom is 0.274 e. The van der Waals surface area contributed by atoms with Gasteiger partial charge in [0.05, 0.1) is 0 Å². The van der Waals surface area contributed by atoms with Crippen LogP contribution in [0.2, 0.25) is 0 Å². The standard InChI is InChI=1S/C21H14N4O5/c26-17-9-15(20(29)24-17)22-13-5-1-11(2-6-13)19(28)12-3-7-14(8-4-12)23-16-10-18(27)25-21(16)30/h1-10H,(H2,22,24,26,29)(H2,23,25,27,30). The van der Waals surface area contributed by atoms with Gasteiger partial charge in [-0.1, -0.05) is 0 Å². The van der Waals surface area contributed by atoms with E-state index in [0.29, 0.717) is 22.5 Å². The first kappa shape index (κ1) is 18.8. The number of carbonyl (C=O) groups is 5. The third kappa shape index (κ3) is 3.85. The summed E-state index contributed by atoms with van der Waals surface area (Å²) in [5.74, 6) is -2.20. The molecule has 2 aromatic rings. The Kier molecular flexibility index (Phi) is 4.69. The van der Waals surface area contributed by atoms with E-state index in [1.54, 1.807) is 48.5 Å². The fourth-order valence-electron chi connectivity index (χ4n) is 2.90. The summed E-state index contributed by atoms with van der Waals surface area (Å²) in [7, 11) is 0. The fourth-order valence-corrected chi connectivity index (χ4v) is 2.90. The van der Waals surface area contributed by atoms with Crippen molar-refractivity contribution in [3.8, 4) is 0 Å². The molecular formula is C21H14N4O5. The molecule has 9 heteroatoms. The van der Waals surface area contributed by atoms with Crippen LogP contribution in [0.3, 0.4) is 0 Å². The Balaban J connectivity index is 1.43. The van der Waals surface area contributed by atoms with Crippen molar-refractivity contribution in [1.29, 1.82) is 0 Å². The summed E-state index contributed by atoms with van der Waals surface area (Å²) >= 11 is 0. The average molecular weight is 402 g/mol. The number of ketones is 1. The zero-order chi connectivity index (χ0) is 21.3. The van der Waals surface area contributed by atoms with E-state index in [4.69, 9.17) is 0 Å². The highest BCUT2D eigenvalue weighted by Gasteiger charge is 2.21. The van der Waals surface area contributed by atoms with Gasteiger partial charge in [-0.05, 0) is 48.5 Å². The summed E-state index contributed by atoms with van der Waals surface area (Å²) in [6.07, 6.45) is 2.33. The van der Waals surface area contributed by atoms with Crippen LogP contribution < -0.4 is 21.3 Å². The Morgan fingerprint density at radius 2 is 0.967 bits per heavy atom. The number of carbonyl (C=O) groups excluding carboxylic acids is 5. The molecule has 0 radical (unpaired) electrons. The number of benzene rings is 2. The minimum absolute atomic E-state index is 0.134. The maximum atomic E-state index is 12.7. The monoisotopic (exact) mass is 402 g/mol. The zero-order valence-corrected chi connectivity index (χ0v) is 15.3. The van der Waals surface area contributed by atoms with Gasteiger partial charge in [0, 0.05) is 34.7 Å². The molecule has 0 spiro atoms. The van der Waals surface area contributed by atoms with Crippen LogP contribution in [0.4, 0.5) is 11.4 Å².